The molecule has 2 heterocycles. The summed E-state index contributed by atoms with van der Waals surface area (Å²) in [6, 6.07) is -0.131. The number of hydrogen-bond acceptors (Lipinski definition) is 5. The smallest absolute Gasteiger partial charge is 0.222 e. The van der Waals surface area contributed by atoms with Crippen LogP contribution in [0, 0.1) is 0 Å². The number of sulfone groups is 1. The normalized spacial score (nSPS) is 26.6. The Morgan fingerprint density at radius 2 is 2.05 bits per heavy atom. The van der Waals surface area contributed by atoms with Gasteiger partial charge in [0, 0.05) is 38.6 Å². The van der Waals surface area contributed by atoms with Crippen LogP contribution in [0.2, 0.25) is 0 Å². The summed E-state index contributed by atoms with van der Waals surface area (Å²) < 4.78 is 28.5. The zero-order valence-corrected chi connectivity index (χ0v) is 12.9. The van der Waals surface area contributed by atoms with Crippen LogP contribution >= 0.6 is 0 Å². The summed E-state index contributed by atoms with van der Waals surface area (Å²) in [7, 11) is -2.95. The van der Waals surface area contributed by atoms with Crippen molar-refractivity contribution in [1.29, 1.82) is 0 Å². The lowest BCUT2D eigenvalue weighted by Gasteiger charge is -2.32. The fourth-order valence-electron chi connectivity index (χ4n) is 2.81. The molecule has 7 heteroatoms. The molecule has 2 rings (SSSR count). The molecule has 0 aromatic rings. The van der Waals surface area contributed by atoms with Crippen LogP contribution in [0.1, 0.15) is 19.8 Å². The molecule has 1 amide bonds. The van der Waals surface area contributed by atoms with Crippen LogP contribution in [0.5, 0.6) is 0 Å². The van der Waals surface area contributed by atoms with Gasteiger partial charge in [0.25, 0.3) is 0 Å². The van der Waals surface area contributed by atoms with Crippen LogP contribution in [0.25, 0.3) is 0 Å². The van der Waals surface area contributed by atoms with Crippen LogP contribution < -0.4 is 0 Å². The van der Waals surface area contributed by atoms with Crippen molar-refractivity contribution in [2.75, 3.05) is 50.9 Å². The Morgan fingerprint density at radius 3 is 2.60 bits per heavy atom. The number of carbonyl (C=O) groups is 1. The first-order valence-corrected chi connectivity index (χ1v) is 9.14. The van der Waals surface area contributed by atoms with Gasteiger partial charge in [0.2, 0.25) is 5.91 Å². The predicted molar refractivity (Wildman–Crippen MR) is 76.3 cm³/mol. The summed E-state index contributed by atoms with van der Waals surface area (Å²) in [6.07, 6.45) is 1.01. The molecule has 0 radical (unpaired) electrons. The van der Waals surface area contributed by atoms with E-state index in [1.807, 2.05) is 6.92 Å². The molecule has 0 saturated carbocycles. The third kappa shape index (κ3) is 4.17. The first kappa shape index (κ1) is 15.7. The average Bonchev–Trinajstić information content (AvgIpc) is 2.80. The number of morpholine rings is 1. The molecule has 0 aromatic carbocycles. The van der Waals surface area contributed by atoms with Crippen molar-refractivity contribution in [3.8, 4) is 0 Å². The van der Waals surface area contributed by atoms with Crippen molar-refractivity contribution >= 4 is 15.7 Å². The molecule has 1 atom stereocenters. The molecule has 0 aliphatic carbocycles. The van der Waals surface area contributed by atoms with Crippen molar-refractivity contribution < 1.29 is 17.9 Å². The van der Waals surface area contributed by atoms with Crippen LogP contribution in [-0.2, 0) is 19.4 Å². The van der Waals surface area contributed by atoms with Gasteiger partial charge in [-0.15, -0.1) is 0 Å². The standard InChI is InChI=1S/C13H24N2O4S/c1-2-13(16)15(12-3-10-20(17,18)11-12)5-4-14-6-8-19-9-7-14/h12H,2-11H2,1H3. The summed E-state index contributed by atoms with van der Waals surface area (Å²) in [5.41, 5.74) is 0. The molecule has 2 fully saturated rings. The van der Waals surface area contributed by atoms with E-state index in [1.54, 1.807) is 4.90 Å². The van der Waals surface area contributed by atoms with E-state index in [-0.39, 0.29) is 23.5 Å². The number of carbonyl (C=O) groups excluding carboxylic acids is 1. The van der Waals surface area contributed by atoms with Gasteiger partial charge in [-0.05, 0) is 6.42 Å². The lowest BCUT2D eigenvalue weighted by Crippen LogP contribution is -2.47. The van der Waals surface area contributed by atoms with E-state index in [0.29, 0.717) is 19.4 Å². The minimum Gasteiger partial charge on any atom is -0.379 e. The Labute approximate surface area is 121 Å². The lowest BCUT2D eigenvalue weighted by atomic mass is 10.2. The van der Waals surface area contributed by atoms with E-state index in [0.717, 1.165) is 32.8 Å². The second-order valence-corrected chi connectivity index (χ2v) is 7.68. The Kier molecular flexibility index (Phi) is 5.40. The number of nitrogens with zero attached hydrogens (tertiary/aromatic N) is 2. The Morgan fingerprint density at radius 1 is 1.35 bits per heavy atom. The molecular weight excluding hydrogens is 280 g/mol. The number of rotatable bonds is 5. The average molecular weight is 304 g/mol. The van der Waals surface area contributed by atoms with Gasteiger partial charge in [-0.1, -0.05) is 6.92 Å². The van der Waals surface area contributed by atoms with Gasteiger partial charge in [0.15, 0.2) is 9.84 Å². The fourth-order valence-corrected chi connectivity index (χ4v) is 4.54. The summed E-state index contributed by atoms with van der Waals surface area (Å²) in [5.74, 6) is 0.394. The minimum atomic E-state index is -2.95. The van der Waals surface area contributed by atoms with Crippen LogP contribution in [0.15, 0.2) is 0 Å². The highest BCUT2D eigenvalue weighted by atomic mass is 32.2. The zero-order chi connectivity index (χ0) is 14.6. The molecule has 2 aliphatic rings. The highest BCUT2D eigenvalue weighted by molar-refractivity contribution is 7.91. The monoisotopic (exact) mass is 304 g/mol. The van der Waals surface area contributed by atoms with Crippen LogP contribution in [0.4, 0.5) is 0 Å². The molecule has 2 saturated heterocycles. The van der Waals surface area contributed by atoms with E-state index in [1.165, 1.54) is 0 Å². The number of hydrogen-bond donors (Lipinski definition) is 0. The summed E-state index contributed by atoms with van der Waals surface area (Å²) in [4.78, 5) is 16.1. The molecule has 0 aromatic heterocycles. The molecule has 6 nitrogen and oxygen atoms in total. The van der Waals surface area contributed by atoms with E-state index in [2.05, 4.69) is 4.90 Å². The molecule has 0 N–H and O–H groups in total. The topological polar surface area (TPSA) is 66.9 Å². The van der Waals surface area contributed by atoms with Crippen molar-refractivity contribution in [2.45, 2.75) is 25.8 Å². The maximum Gasteiger partial charge on any atom is 0.222 e. The highest BCUT2D eigenvalue weighted by Crippen LogP contribution is 2.18. The fraction of sp³-hybridized carbons (Fsp3) is 0.923. The Bertz CT molecular complexity index is 432. The van der Waals surface area contributed by atoms with Gasteiger partial charge in [-0.25, -0.2) is 8.42 Å². The van der Waals surface area contributed by atoms with Gasteiger partial charge >= 0.3 is 0 Å². The second-order valence-electron chi connectivity index (χ2n) is 5.45. The van der Waals surface area contributed by atoms with Gasteiger partial charge in [0.05, 0.1) is 24.7 Å². The Balaban J connectivity index is 1.92. The molecular formula is C13H24N2O4S. The summed E-state index contributed by atoms with van der Waals surface area (Å²) in [5, 5.41) is 0. The predicted octanol–water partition coefficient (Wildman–Crippen LogP) is -0.256. The molecule has 2 aliphatic heterocycles. The van der Waals surface area contributed by atoms with Crippen LogP contribution in [0.3, 0.4) is 0 Å². The van der Waals surface area contributed by atoms with E-state index in [4.69, 9.17) is 4.74 Å². The van der Waals surface area contributed by atoms with Gasteiger partial charge in [-0.2, -0.15) is 0 Å². The quantitative estimate of drug-likeness (QED) is 0.700. The largest absolute Gasteiger partial charge is 0.379 e. The third-order valence-electron chi connectivity index (χ3n) is 4.03. The van der Waals surface area contributed by atoms with Crippen molar-refractivity contribution in [1.82, 2.24) is 9.80 Å². The molecule has 1 unspecified atom stereocenters. The number of ether oxygens (including phenoxy) is 1. The zero-order valence-electron chi connectivity index (χ0n) is 12.1. The third-order valence-corrected chi connectivity index (χ3v) is 5.78. The maximum absolute atomic E-state index is 12.1. The SMILES string of the molecule is CCC(=O)N(CCN1CCOCC1)C1CCS(=O)(=O)C1. The van der Waals surface area contributed by atoms with Crippen molar-refractivity contribution in [2.24, 2.45) is 0 Å². The van der Waals surface area contributed by atoms with E-state index < -0.39 is 9.84 Å². The van der Waals surface area contributed by atoms with Crippen molar-refractivity contribution in [3.63, 3.8) is 0 Å². The second kappa shape index (κ2) is 6.87. The van der Waals surface area contributed by atoms with E-state index >= 15 is 0 Å². The summed E-state index contributed by atoms with van der Waals surface area (Å²) in [6.45, 7) is 6.49. The minimum absolute atomic E-state index is 0.0559. The van der Waals surface area contributed by atoms with Gasteiger partial charge in [-0.3, -0.25) is 9.69 Å². The first-order valence-electron chi connectivity index (χ1n) is 7.32. The number of amides is 1. The van der Waals surface area contributed by atoms with Gasteiger partial charge in [0.1, 0.15) is 0 Å². The highest BCUT2D eigenvalue weighted by Gasteiger charge is 2.34. The van der Waals surface area contributed by atoms with Gasteiger partial charge < -0.3 is 9.64 Å². The first-order chi connectivity index (χ1) is 9.52. The molecule has 116 valence electrons. The van der Waals surface area contributed by atoms with Crippen molar-refractivity contribution in [3.05, 3.63) is 0 Å². The molecule has 20 heavy (non-hydrogen) atoms. The Hall–Kier alpha value is -0.660. The lowest BCUT2D eigenvalue weighted by molar-refractivity contribution is -0.133. The molecule has 0 bridgehead atoms. The van der Waals surface area contributed by atoms with E-state index in [9.17, 15) is 13.2 Å². The maximum atomic E-state index is 12.1. The molecule has 0 spiro atoms. The summed E-state index contributed by atoms with van der Waals surface area (Å²) >= 11 is 0. The van der Waals surface area contributed by atoms with Crippen LogP contribution in [-0.4, -0.2) is 81.1 Å².